The summed E-state index contributed by atoms with van der Waals surface area (Å²) in [6.07, 6.45) is 3.53. The van der Waals surface area contributed by atoms with Crippen LogP contribution in [0.3, 0.4) is 0 Å². The molecule has 0 bridgehead atoms. The minimum absolute atomic E-state index is 0.169. The van der Waals surface area contributed by atoms with Crippen molar-refractivity contribution in [3.8, 4) is 0 Å². The summed E-state index contributed by atoms with van der Waals surface area (Å²) >= 11 is 12.0. The predicted octanol–water partition coefficient (Wildman–Crippen LogP) is 4.19. The smallest absolute Gasteiger partial charge is 0.363 e. The summed E-state index contributed by atoms with van der Waals surface area (Å²) in [4.78, 5) is 16.4. The second kappa shape index (κ2) is 6.42. The highest BCUT2D eigenvalue weighted by atomic mass is 35.5. The molecule has 0 spiro atoms. The van der Waals surface area contributed by atoms with Gasteiger partial charge in [-0.25, -0.2) is 9.79 Å². The average Bonchev–Trinajstić information content (AvgIpc) is 3.03. The van der Waals surface area contributed by atoms with Crippen molar-refractivity contribution in [3.05, 3.63) is 57.0 Å². The molecule has 0 saturated carbocycles. The Morgan fingerprint density at radius 3 is 2.71 bits per heavy atom. The fourth-order valence-corrected chi connectivity index (χ4v) is 2.91. The number of ether oxygens (including phenoxy) is 1. The van der Waals surface area contributed by atoms with Gasteiger partial charge in [-0.1, -0.05) is 37.0 Å². The topological polar surface area (TPSA) is 56.5 Å². The molecule has 3 rings (SSSR count). The average molecular weight is 364 g/mol. The van der Waals surface area contributed by atoms with E-state index in [1.54, 1.807) is 29.0 Å². The standard InChI is InChI=1S/C17H15Cl2N3O2/c1-9(2)15-10(8-22(3)21-15)6-14-17(23)24-16(20-14)12-5-4-11(18)7-13(12)19/h4-9H,1-3H3/b14-6-. The second-order valence-electron chi connectivity index (χ2n) is 5.76. The van der Waals surface area contributed by atoms with E-state index in [-0.39, 0.29) is 17.5 Å². The molecule has 2 heterocycles. The van der Waals surface area contributed by atoms with E-state index in [4.69, 9.17) is 27.9 Å². The van der Waals surface area contributed by atoms with Crippen LogP contribution in [0.4, 0.5) is 0 Å². The van der Waals surface area contributed by atoms with Crippen LogP contribution in [0.5, 0.6) is 0 Å². The van der Waals surface area contributed by atoms with E-state index in [0.717, 1.165) is 11.3 Å². The number of carbonyl (C=O) groups is 1. The molecular weight excluding hydrogens is 349 g/mol. The van der Waals surface area contributed by atoms with Crippen molar-refractivity contribution < 1.29 is 9.53 Å². The van der Waals surface area contributed by atoms with Crippen LogP contribution in [0.25, 0.3) is 6.08 Å². The molecule has 1 aromatic carbocycles. The van der Waals surface area contributed by atoms with Gasteiger partial charge in [0.05, 0.1) is 16.3 Å². The third-order valence-electron chi connectivity index (χ3n) is 3.51. The lowest BCUT2D eigenvalue weighted by atomic mass is 10.1. The van der Waals surface area contributed by atoms with Crippen molar-refractivity contribution in [1.29, 1.82) is 0 Å². The number of aliphatic imine (C=N–C) groups is 1. The van der Waals surface area contributed by atoms with Gasteiger partial charge in [0.1, 0.15) is 0 Å². The van der Waals surface area contributed by atoms with Crippen LogP contribution in [-0.2, 0) is 16.6 Å². The summed E-state index contributed by atoms with van der Waals surface area (Å²) in [6, 6.07) is 4.91. The normalized spacial score (nSPS) is 16.0. The van der Waals surface area contributed by atoms with Crippen LogP contribution < -0.4 is 0 Å². The van der Waals surface area contributed by atoms with Gasteiger partial charge in [0.15, 0.2) is 5.70 Å². The maximum atomic E-state index is 12.1. The fourth-order valence-electron chi connectivity index (χ4n) is 2.42. The Morgan fingerprint density at radius 1 is 1.29 bits per heavy atom. The molecular formula is C17H15Cl2N3O2. The van der Waals surface area contributed by atoms with E-state index in [9.17, 15) is 4.79 Å². The van der Waals surface area contributed by atoms with Crippen LogP contribution in [0.2, 0.25) is 10.0 Å². The van der Waals surface area contributed by atoms with Gasteiger partial charge in [-0.05, 0) is 30.2 Å². The Labute approximate surface area is 149 Å². The molecule has 1 aromatic heterocycles. The second-order valence-corrected chi connectivity index (χ2v) is 6.60. The highest BCUT2D eigenvalue weighted by Gasteiger charge is 2.26. The number of hydrogen-bond acceptors (Lipinski definition) is 4. The van der Waals surface area contributed by atoms with E-state index in [2.05, 4.69) is 10.1 Å². The molecule has 1 aliphatic rings. The summed E-state index contributed by atoms with van der Waals surface area (Å²) in [5, 5.41) is 5.29. The molecule has 0 fully saturated rings. The molecule has 0 saturated heterocycles. The minimum Gasteiger partial charge on any atom is -0.402 e. The molecule has 1 aliphatic heterocycles. The molecule has 24 heavy (non-hydrogen) atoms. The number of cyclic esters (lactones) is 1. The first kappa shape index (κ1) is 16.7. The molecule has 0 amide bonds. The van der Waals surface area contributed by atoms with Gasteiger partial charge in [-0.2, -0.15) is 5.10 Å². The molecule has 0 radical (unpaired) electrons. The van der Waals surface area contributed by atoms with Crippen LogP contribution in [0.1, 0.15) is 36.6 Å². The Balaban J connectivity index is 2.00. The van der Waals surface area contributed by atoms with Gasteiger partial charge in [0.25, 0.3) is 0 Å². The molecule has 124 valence electrons. The van der Waals surface area contributed by atoms with Gasteiger partial charge in [0, 0.05) is 23.8 Å². The third-order valence-corrected chi connectivity index (χ3v) is 4.06. The van der Waals surface area contributed by atoms with E-state index < -0.39 is 5.97 Å². The quantitative estimate of drug-likeness (QED) is 0.606. The number of benzene rings is 1. The van der Waals surface area contributed by atoms with Crippen molar-refractivity contribution in [2.24, 2.45) is 12.0 Å². The maximum absolute atomic E-state index is 12.1. The number of halogens is 2. The van der Waals surface area contributed by atoms with Gasteiger partial charge in [0.2, 0.25) is 5.90 Å². The third kappa shape index (κ3) is 3.23. The number of nitrogens with zero attached hydrogens (tertiary/aromatic N) is 3. The Bertz CT molecular complexity index is 882. The van der Waals surface area contributed by atoms with Crippen molar-refractivity contribution in [2.75, 3.05) is 0 Å². The SMILES string of the molecule is CC(C)c1nn(C)cc1/C=C1\N=C(c2ccc(Cl)cc2Cl)OC1=O. The first-order chi connectivity index (χ1) is 11.3. The Morgan fingerprint density at radius 2 is 2.04 bits per heavy atom. The van der Waals surface area contributed by atoms with E-state index in [0.29, 0.717) is 15.6 Å². The number of carbonyl (C=O) groups excluding carboxylic acids is 1. The zero-order valence-electron chi connectivity index (χ0n) is 13.4. The van der Waals surface area contributed by atoms with Crippen LogP contribution >= 0.6 is 23.2 Å². The van der Waals surface area contributed by atoms with Crippen molar-refractivity contribution >= 4 is 41.1 Å². The first-order valence-electron chi connectivity index (χ1n) is 7.36. The van der Waals surface area contributed by atoms with Gasteiger partial charge < -0.3 is 4.74 Å². The minimum atomic E-state index is -0.519. The van der Waals surface area contributed by atoms with Crippen LogP contribution in [0, 0.1) is 0 Å². The Hall–Kier alpha value is -2.11. The van der Waals surface area contributed by atoms with Crippen LogP contribution in [-0.4, -0.2) is 21.6 Å². The lowest BCUT2D eigenvalue weighted by Crippen LogP contribution is -2.06. The molecule has 0 aliphatic carbocycles. The monoisotopic (exact) mass is 363 g/mol. The first-order valence-corrected chi connectivity index (χ1v) is 8.12. The molecule has 0 N–H and O–H groups in total. The van der Waals surface area contributed by atoms with E-state index in [1.165, 1.54) is 0 Å². The largest absolute Gasteiger partial charge is 0.402 e. The molecule has 2 aromatic rings. The van der Waals surface area contributed by atoms with Gasteiger partial charge in [-0.3, -0.25) is 4.68 Å². The highest BCUT2D eigenvalue weighted by molar-refractivity contribution is 6.37. The number of aromatic nitrogens is 2. The summed E-state index contributed by atoms with van der Waals surface area (Å²) < 4.78 is 6.96. The van der Waals surface area contributed by atoms with Crippen LogP contribution in [0.15, 0.2) is 35.1 Å². The van der Waals surface area contributed by atoms with E-state index in [1.807, 2.05) is 27.1 Å². The number of hydrogen-bond donors (Lipinski definition) is 0. The Kier molecular flexibility index (Phi) is 4.47. The van der Waals surface area contributed by atoms with Gasteiger partial charge >= 0.3 is 5.97 Å². The molecule has 5 nitrogen and oxygen atoms in total. The van der Waals surface area contributed by atoms with Gasteiger partial charge in [-0.15, -0.1) is 0 Å². The van der Waals surface area contributed by atoms with E-state index >= 15 is 0 Å². The summed E-state index contributed by atoms with van der Waals surface area (Å²) in [5.41, 5.74) is 2.47. The summed E-state index contributed by atoms with van der Waals surface area (Å²) in [7, 11) is 1.84. The maximum Gasteiger partial charge on any atom is 0.363 e. The van der Waals surface area contributed by atoms with Crippen molar-refractivity contribution in [3.63, 3.8) is 0 Å². The highest BCUT2D eigenvalue weighted by Crippen LogP contribution is 2.27. The molecule has 0 unspecified atom stereocenters. The predicted molar refractivity (Wildman–Crippen MR) is 94.4 cm³/mol. The number of aryl methyl sites for hydroxylation is 1. The lowest BCUT2D eigenvalue weighted by molar-refractivity contribution is -0.129. The zero-order valence-corrected chi connectivity index (χ0v) is 14.9. The number of esters is 1. The van der Waals surface area contributed by atoms with Crippen molar-refractivity contribution in [1.82, 2.24) is 9.78 Å². The zero-order chi connectivity index (χ0) is 17.4. The summed E-state index contributed by atoms with van der Waals surface area (Å²) in [5.74, 6) is -0.123. The lowest BCUT2D eigenvalue weighted by Gasteiger charge is -2.02. The fraction of sp³-hybridized carbons (Fsp3) is 0.235. The van der Waals surface area contributed by atoms with Crippen molar-refractivity contribution in [2.45, 2.75) is 19.8 Å². The molecule has 7 heteroatoms. The number of rotatable bonds is 3. The molecule has 0 atom stereocenters. The summed E-state index contributed by atoms with van der Waals surface area (Å²) in [6.45, 7) is 4.08.